The summed E-state index contributed by atoms with van der Waals surface area (Å²) in [5.74, 6) is 0. The van der Waals surface area contributed by atoms with Crippen LogP contribution in [0.5, 0.6) is 0 Å². The lowest BCUT2D eigenvalue weighted by Crippen LogP contribution is -1.94. The van der Waals surface area contributed by atoms with Crippen LogP contribution in [0.25, 0.3) is 11.0 Å². The van der Waals surface area contributed by atoms with Crippen LogP contribution in [0.4, 0.5) is 0 Å². The van der Waals surface area contributed by atoms with E-state index in [9.17, 15) is 0 Å². The monoisotopic (exact) mass is 264 g/mol. The maximum atomic E-state index is 4.56. The standard InChI is InChI=1S/C12H13BrN2/c1-7-5-10-11(6-8(7)2)15(9-3-4-9)12(13)14-10/h5-6,9H,3-4H2,1-2H3. The first kappa shape index (κ1) is 9.40. The summed E-state index contributed by atoms with van der Waals surface area (Å²) in [7, 11) is 0. The fourth-order valence-electron chi connectivity index (χ4n) is 2.00. The second-order valence-electron chi connectivity index (χ2n) is 4.41. The second-order valence-corrected chi connectivity index (χ2v) is 5.12. The highest BCUT2D eigenvalue weighted by Crippen LogP contribution is 2.40. The number of halogens is 1. The Hall–Kier alpha value is -0.830. The third-order valence-corrected chi connectivity index (χ3v) is 3.73. The van der Waals surface area contributed by atoms with Gasteiger partial charge in [-0.25, -0.2) is 4.98 Å². The van der Waals surface area contributed by atoms with Crippen molar-refractivity contribution < 1.29 is 0 Å². The van der Waals surface area contributed by atoms with Crippen molar-refractivity contribution >= 4 is 27.0 Å². The van der Waals surface area contributed by atoms with Gasteiger partial charge in [0.2, 0.25) is 0 Å². The first-order chi connectivity index (χ1) is 7.16. The third kappa shape index (κ3) is 1.41. The van der Waals surface area contributed by atoms with E-state index in [1.165, 1.54) is 29.5 Å². The van der Waals surface area contributed by atoms with Crippen LogP contribution in [-0.2, 0) is 0 Å². The molecule has 0 bridgehead atoms. The molecule has 1 fully saturated rings. The van der Waals surface area contributed by atoms with E-state index < -0.39 is 0 Å². The molecule has 2 nitrogen and oxygen atoms in total. The molecule has 2 aromatic rings. The molecule has 15 heavy (non-hydrogen) atoms. The van der Waals surface area contributed by atoms with Gasteiger partial charge in [0.25, 0.3) is 0 Å². The maximum absolute atomic E-state index is 4.56. The van der Waals surface area contributed by atoms with E-state index in [1.807, 2.05) is 0 Å². The Morgan fingerprint density at radius 3 is 2.60 bits per heavy atom. The molecule has 1 aliphatic carbocycles. The average molecular weight is 265 g/mol. The normalized spacial score (nSPS) is 16.2. The minimum Gasteiger partial charge on any atom is -0.315 e. The Morgan fingerprint density at radius 1 is 1.27 bits per heavy atom. The number of aromatic nitrogens is 2. The van der Waals surface area contributed by atoms with Crippen molar-refractivity contribution in [3.8, 4) is 0 Å². The number of nitrogens with zero attached hydrogens (tertiary/aromatic N) is 2. The molecule has 0 radical (unpaired) electrons. The van der Waals surface area contributed by atoms with Crippen LogP contribution in [0.3, 0.4) is 0 Å². The minimum atomic E-state index is 0.673. The molecule has 1 aliphatic rings. The van der Waals surface area contributed by atoms with E-state index in [0.29, 0.717) is 6.04 Å². The summed E-state index contributed by atoms with van der Waals surface area (Å²) in [6.45, 7) is 4.30. The molecular formula is C12H13BrN2. The van der Waals surface area contributed by atoms with Gasteiger partial charge >= 0.3 is 0 Å². The summed E-state index contributed by atoms with van der Waals surface area (Å²) in [5.41, 5.74) is 5.04. The van der Waals surface area contributed by atoms with Gasteiger partial charge in [0.05, 0.1) is 11.0 Å². The molecule has 78 valence electrons. The summed E-state index contributed by atoms with van der Waals surface area (Å²) >= 11 is 3.55. The molecule has 1 aromatic carbocycles. The Bertz CT molecular complexity index is 538. The van der Waals surface area contributed by atoms with Crippen molar-refractivity contribution in [2.75, 3.05) is 0 Å². The topological polar surface area (TPSA) is 17.8 Å². The molecule has 0 aliphatic heterocycles. The summed E-state index contributed by atoms with van der Waals surface area (Å²) in [6, 6.07) is 5.10. The lowest BCUT2D eigenvalue weighted by Gasteiger charge is -2.04. The lowest BCUT2D eigenvalue weighted by atomic mass is 10.1. The summed E-state index contributed by atoms with van der Waals surface area (Å²) in [4.78, 5) is 4.56. The number of hydrogen-bond acceptors (Lipinski definition) is 1. The van der Waals surface area contributed by atoms with Gasteiger partial charge in [-0.3, -0.25) is 0 Å². The van der Waals surface area contributed by atoms with Crippen LogP contribution in [0, 0.1) is 13.8 Å². The smallest absolute Gasteiger partial charge is 0.178 e. The van der Waals surface area contributed by atoms with E-state index in [0.717, 1.165) is 10.3 Å². The first-order valence-electron chi connectivity index (χ1n) is 5.31. The molecule has 1 saturated carbocycles. The maximum Gasteiger partial charge on any atom is 0.178 e. The average Bonchev–Trinajstić information content (AvgIpc) is 2.93. The number of benzene rings is 1. The van der Waals surface area contributed by atoms with Gasteiger partial charge in [0.15, 0.2) is 4.73 Å². The van der Waals surface area contributed by atoms with Gasteiger partial charge in [0.1, 0.15) is 0 Å². The quantitative estimate of drug-likeness (QED) is 0.767. The number of aryl methyl sites for hydroxylation is 2. The number of imidazole rings is 1. The Labute approximate surface area is 97.4 Å². The number of rotatable bonds is 1. The second kappa shape index (κ2) is 3.08. The zero-order valence-corrected chi connectivity index (χ0v) is 10.5. The van der Waals surface area contributed by atoms with Gasteiger partial charge in [0, 0.05) is 6.04 Å². The van der Waals surface area contributed by atoms with Crippen molar-refractivity contribution in [3.05, 3.63) is 28.0 Å². The third-order valence-electron chi connectivity index (χ3n) is 3.17. The predicted octanol–water partition coefficient (Wildman–Crippen LogP) is 3.75. The Kier molecular flexibility index (Phi) is 1.93. The van der Waals surface area contributed by atoms with Crippen molar-refractivity contribution in [2.45, 2.75) is 32.7 Å². The Morgan fingerprint density at radius 2 is 1.93 bits per heavy atom. The van der Waals surface area contributed by atoms with E-state index in [1.54, 1.807) is 0 Å². The van der Waals surface area contributed by atoms with E-state index in [-0.39, 0.29) is 0 Å². The molecule has 1 heterocycles. The van der Waals surface area contributed by atoms with E-state index in [4.69, 9.17) is 0 Å². The zero-order valence-electron chi connectivity index (χ0n) is 8.92. The molecule has 0 atom stereocenters. The summed E-state index contributed by atoms with van der Waals surface area (Å²) in [5, 5.41) is 0. The molecule has 3 heteroatoms. The van der Waals surface area contributed by atoms with E-state index in [2.05, 4.69) is 51.5 Å². The van der Waals surface area contributed by atoms with Crippen LogP contribution in [0.2, 0.25) is 0 Å². The summed E-state index contributed by atoms with van der Waals surface area (Å²) in [6.07, 6.45) is 2.58. The highest BCUT2D eigenvalue weighted by atomic mass is 79.9. The van der Waals surface area contributed by atoms with Gasteiger partial charge in [-0.15, -0.1) is 0 Å². The molecule has 0 spiro atoms. The largest absolute Gasteiger partial charge is 0.315 e. The fourth-order valence-corrected chi connectivity index (χ4v) is 2.67. The van der Waals surface area contributed by atoms with Crippen LogP contribution >= 0.6 is 15.9 Å². The molecule has 0 unspecified atom stereocenters. The van der Waals surface area contributed by atoms with Crippen LogP contribution in [0.1, 0.15) is 30.0 Å². The SMILES string of the molecule is Cc1cc2nc(Br)n(C3CC3)c2cc1C. The van der Waals surface area contributed by atoms with Gasteiger partial charge in [-0.05, 0) is 65.9 Å². The molecule has 0 N–H and O–H groups in total. The van der Waals surface area contributed by atoms with Crippen molar-refractivity contribution in [1.29, 1.82) is 0 Å². The number of fused-ring (bicyclic) bond motifs is 1. The zero-order chi connectivity index (χ0) is 10.6. The van der Waals surface area contributed by atoms with Crippen molar-refractivity contribution in [3.63, 3.8) is 0 Å². The van der Waals surface area contributed by atoms with Crippen molar-refractivity contribution in [2.24, 2.45) is 0 Å². The van der Waals surface area contributed by atoms with Crippen LogP contribution in [0.15, 0.2) is 16.9 Å². The molecule has 1 aromatic heterocycles. The minimum absolute atomic E-state index is 0.673. The molecule has 0 amide bonds. The molecule has 3 rings (SSSR count). The predicted molar refractivity (Wildman–Crippen MR) is 65.2 cm³/mol. The first-order valence-corrected chi connectivity index (χ1v) is 6.11. The van der Waals surface area contributed by atoms with Gasteiger partial charge in [-0.2, -0.15) is 0 Å². The van der Waals surface area contributed by atoms with Gasteiger partial charge in [-0.1, -0.05) is 0 Å². The van der Waals surface area contributed by atoms with Gasteiger partial charge < -0.3 is 4.57 Å². The fraction of sp³-hybridized carbons (Fsp3) is 0.417. The number of hydrogen-bond donors (Lipinski definition) is 0. The van der Waals surface area contributed by atoms with Crippen LogP contribution in [-0.4, -0.2) is 9.55 Å². The summed E-state index contributed by atoms with van der Waals surface area (Å²) < 4.78 is 3.30. The van der Waals surface area contributed by atoms with E-state index >= 15 is 0 Å². The Balaban J connectivity index is 2.34. The highest BCUT2D eigenvalue weighted by Gasteiger charge is 2.27. The highest BCUT2D eigenvalue weighted by molar-refractivity contribution is 9.10. The lowest BCUT2D eigenvalue weighted by molar-refractivity contribution is 0.744. The van der Waals surface area contributed by atoms with Crippen molar-refractivity contribution in [1.82, 2.24) is 9.55 Å². The molecular weight excluding hydrogens is 252 g/mol. The van der Waals surface area contributed by atoms with Crippen LogP contribution < -0.4 is 0 Å². The molecule has 0 saturated heterocycles.